The number of hydrogen-bond donors (Lipinski definition) is 3. The number of aromatic hydroxyl groups is 1. The molecule has 1 rings (SSSR count). The Bertz CT molecular complexity index is 562. The monoisotopic (exact) mass is 285 g/mol. The van der Waals surface area contributed by atoms with Crippen molar-refractivity contribution in [3.63, 3.8) is 0 Å². The Hall–Kier alpha value is -1.47. The third kappa shape index (κ3) is 3.74. The minimum absolute atomic E-state index is 0.0195. The van der Waals surface area contributed by atoms with Gasteiger partial charge in [0.05, 0.1) is 0 Å². The topological polar surface area (TPSA) is 90.6 Å². The quantitative estimate of drug-likeness (QED) is 0.418. The summed E-state index contributed by atoms with van der Waals surface area (Å²) in [5.41, 5.74) is -0.373. The van der Waals surface area contributed by atoms with Crippen LogP contribution in [0.2, 0.25) is 0 Å². The molecule has 19 heavy (non-hydrogen) atoms. The molecule has 106 valence electrons. The van der Waals surface area contributed by atoms with Crippen molar-refractivity contribution >= 4 is 18.4 Å². The van der Waals surface area contributed by atoms with Crippen LogP contribution in [0.1, 0.15) is 38.3 Å². The van der Waals surface area contributed by atoms with Gasteiger partial charge in [-0.15, -0.1) is 0 Å². The summed E-state index contributed by atoms with van der Waals surface area (Å²) in [6, 6.07) is -0.0195. The molecule has 0 amide bonds. The van der Waals surface area contributed by atoms with Gasteiger partial charge in [0.15, 0.2) is 4.77 Å². The molecule has 0 radical (unpaired) electrons. The highest BCUT2D eigenvalue weighted by atomic mass is 32.1. The van der Waals surface area contributed by atoms with Crippen LogP contribution in [0, 0.1) is 4.77 Å². The Morgan fingerprint density at radius 2 is 2.26 bits per heavy atom. The second-order valence-corrected chi connectivity index (χ2v) is 4.62. The van der Waals surface area contributed by atoms with E-state index < -0.39 is 5.56 Å². The van der Waals surface area contributed by atoms with Crippen molar-refractivity contribution in [1.82, 2.24) is 9.55 Å². The second kappa shape index (κ2) is 7.20. The Morgan fingerprint density at radius 1 is 1.58 bits per heavy atom. The Kier molecular flexibility index (Phi) is 5.91. The lowest BCUT2D eigenvalue weighted by Crippen LogP contribution is -2.20. The molecule has 0 bridgehead atoms. The Balaban J connectivity index is 3.22. The first kappa shape index (κ1) is 15.6. The summed E-state index contributed by atoms with van der Waals surface area (Å²) in [6.45, 7) is 4.30. The van der Waals surface area contributed by atoms with E-state index in [0.29, 0.717) is 13.0 Å². The van der Waals surface area contributed by atoms with E-state index in [0.717, 1.165) is 6.42 Å². The number of aliphatic hydroxyl groups excluding tert-OH is 1. The van der Waals surface area contributed by atoms with E-state index in [4.69, 9.17) is 17.3 Å². The van der Waals surface area contributed by atoms with Gasteiger partial charge in [-0.05, 0) is 32.0 Å². The smallest absolute Gasteiger partial charge is 0.264 e. The van der Waals surface area contributed by atoms with E-state index in [9.17, 15) is 9.90 Å². The highest BCUT2D eigenvalue weighted by molar-refractivity contribution is 7.71. The zero-order valence-corrected chi connectivity index (χ0v) is 11.9. The van der Waals surface area contributed by atoms with Crippen LogP contribution in [0.5, 0.6) is 5.88 Å². The van der Waals surface area contributed by atoms with Gasteiger partial charge in [0.2, 0.25) is 5.88 Å². The molecule has 0 aromatic carbocycles. The number of aromatic amines is 1. The van der Waals surface area contributed by atoms with E-state index in [1.807, 2.05) is 13.8 Å². The summed E-state index contributed by atoms with van der Waals surface area (Å²) in [5.74, 6) is -0.171. The molecule has 0 aliphatic heterocycles. The maximum absolute atomic E-state index is 11.8. The van der Waals surface area contributed by atoms with E-state index in [2.05, 4.69) is 9.98 Å². The van der Waals surface area contributed by atoms with Gasteiger partial charge < -0.3 is 10.2 Å². The maximum Gasteiger partial charge on any atom is 0.264 e. The van der Waals surface area contributed by atoms with Gasteiger partial charge >= 0.3 is 0 Å². The molecule has 0 fully saturated rings. The molecule has 1 unspecified atom stereocenters. The molecule has 1 heterocycles. The molecule has 0 aliphatic rings. The molecule has 0 aliphatic carbocycles. The largest absolute Gasteiger partial charge is 0.494 e. The molecular formula is C12H19N3O3S. The van der Waals surface area contributed by atoms with Crippen molar-refractivity contribution in [2.75, 3.05) is 13.2 Å². The van der Waals surface area contributed by atoms with Crippen LogP contribution >= 0.6 is 12.2 Å². The predicted molar refractivity (Wildman–Crippen MR) is 76.7 cm³/mol. The van der Waals surface area contributed by atoms with Gasteiger partial charge in [0.25, 0.3) is 5.56 Å². The number of hydrogen-bond acceptors (Lipinski definition) is 5. The fraction of sp³-hybridized carbons (Fsp3) is 0.583. The Labute approximate surface area is 116 Å². The van der Waals surface area contributed by atoms with Gasteiger partial charge in [-0.25, -0.2) is 0 Å². The van der Waals surface area contributed by atoms with Crippen molar-refractivity contribution < 1.29 is 10.2 Å². The van der Waals surface area contributed by atoms with Crippen LogP contribution in [0.15, 0.2) is 9.79 Å². The molecule has 6 nitrogen and oxygen atoms in total. The van der Waals surface area contributed by atoms with Crippen LogP contribution in [0.25, 0.3) is 0 Å². The summed E-state index contributed by atoms with van der Waals surface area (Å²) in [7, 11) is 0. The average molecular weight is 285 g/mol. The molecule has 0 saturated carbocycles. The summed E-state index contributed by atoms with van der Waals surface area (Å²) in [5, 5.41) is 18.8. The van der Waals surface area contributed by atoms with Gasteiger partial charge in [-0.1, -0.05) is 6.92 Å². The molecule has 0 spiro atoms. The van der Waals surface area contributed by atoms with Crippen LogP contribution in [-0.2, 0) is 0 Å². The van der Waals surface area contributed by atoms with Crippen LogP contribution < -0.4 is 5.56 Å². The number of nitrogens with zero attached hydrogens (tertiary/aromatic N) is 2. The summed E-state index contributed by atoms with van der Waals surface area (Å²) in [4.78, 5) is 18.3. The number of H-pyrrole nitrogens is 1. The fourth-order valence-electron chi connectivity index (χ4n) is 1.58. The average Bonchev–Trinajstić information content (AvgIpc) is 2.37. The molecule has 7 heteroatoms. The first-order valence-electron chi connectivity index (χ1n) is 6.21. The molecule has 1 aromatic heterocycles. The first-order valence-corrected chi connectivity index (χ1v) is 6.62. The van der Waals surface area contributed by atoms with Gasteiger partial charge in [0, 0.05) is 25.4 Å². The van der Waals surface area contributed by atoms with Gasteiger partial charge in [-0.3, -0.25) is 19.3 Å². The van der Waals surface area contributed by atoms with Crippen molar-refractivity contribution in [1.29, 1.82) is 0 Å². The van der Waals surface area contributed by atoms with Crippen molar-refractivity contribution in [2.24, 2.45) is 4.99 Å². The lowest BCUT2D eigenvalue weighted by Gasteiger charge is -2.16. The number of aliphatic hydroxyl groups is 1. The van der Waals surface area contributed by atoms with E-state index in [-0.39, 0.29) is 28.9 Å². The lowest BCUT2D eigenvalue weighted by atomic mass is 10.2. The maximum atomic E-state index is 11.8. The highest BCUT2D eigenvalue weighted by Gasteiger charge is 2.14. The molecule has 0 saturated heterocycles. The molecule has 1 aromatic rings. The van der Waals surface area contributed by atoms with E-state index >= 15 is 0 Å². The lowest BCUT2D eigenvalue weighted by molar-refractivity contribution is 0.291. The summed E-state index contributed by atoms with van der Waals surface area (Å²) < 4.78 is 1.70. The minimum atomic E-state index is -0.463. The number of aromatic nitrogens is 2. The van der Waals surface area contributed by atoms with Crippen LogP contribution in [-0.4, -0.2) is 39.1 Å². The summed E-state index contributed by atoms with van der Waals surface area (Å²) >= 11 is 5.05. The fourth-order valence-corrected chi connectivity index (χ4v) is 1.94. The number of rotatable bonds is 6. The standard InChI is InChI=1S/C12H19N3O3S/c1-3-8(2)15-11(18)9(7-13-5-4-6-16)10(17)14-12(15)19/h7-8,16,18H,3-6H2,1-2H3,(H,14,17,19). The number of aliphatic imine (C=N–C) groups is 1. The van der Waals surface area contributed by atoms with Gasteiger partial charge in [-0.2, -0.15) is 0 Å². The van der Waals surface area contributed by atoms with E-state index in [1.165, 1.54) is 10.8 Å². The molecule has 3 N–H and O–H groups in total. The summed E-state index contributed by atoms with van der Waals surface area (Å²) in [6.07, 6.45) is 2.60. The second-order valence-electron chi connectivity index (χ2n) is 4.24. The van der Waals surface area contributed by atoms with Crippen molar-refractivity contribution in [3.8, 4) is 5.88 Å². The van der Waals surface area contributed by atoms with Crippen LogP contribution in [0.4, 0.5) is 0 Å². The molecular weight excluding hydrogens is 266 g/mol. The van der Waals surface area contributed by atoms with Gasteiger partial charge in [0.1, 0.15) is 5.56 Å². The molecule has 1 atom stereocenters. The highest BCUT2D eigenvalue weighted by Crippen LogP contribution is 2.19. The third-order valence-corrected chi connectivity index (χ3v) is 3.15. The van der Waals surface area contributed by atoms with Crippen molar-refractivity contribution in [3.05, 3.63) is 20.7 Å². The minimum Gasteiger partial charge on any atom is -0.494 e. The normalized spacial score (nSPS) is 13.0. The van der Waals surface area contributed by atoms with E-state index in [1.54, 1.807) is 0 Å². The number of nitrogens with one attached hydrogen (secondary N) is 1. The Morgan fingerprint density at radius 3 is 2.84 bits per heavy atom. The SMILES string of the molecule is CCC(C)n1c(O)c(C=NCCCO)c(=O)[nH]c1=S. The predicted octanol–water partition coefficient (Wildman–Crippen LogP) is 1.38. The van der Waals surface area contributed by atoms with Crippen LogP contribution in [0.3, 0.4) is 0 Å². The first-order chi connectivity index (χ1) is 9.02. The zero-order valence-electron chi connectivity index (χ0n) is 11.1. The zero-order chi connectivity index (χ0) is 14.4. The third-order valence-electron chi connectivity index (χ3n) is 2.85. The van der Waals surface area contributed by atoms with Crippen molar-refractivity contribution in [2.45, 2.75) is 32.7 Å².